The Morgan fingerprint density at radius 1 is 1.38 bits per heavy atom. The summed E-state index contributed by atoms with van der Waals surface area (Å²) in [5, 5.41) is 3.83. The van der Waals surface area contributed by atoms with Gasteiger partial charge < -0.3 is 18.7 Å². The molecule has 3 rings (SSSR count). The predicted molar refractivity (Wildman–Crippen MR) is 69.9 cm³/mol. The minimum absolute atomic E-state index is 0.0506. The first-order chi connectivity index (χ1) is 10.3. The second kappa shape index (κ2) is 5.82. The van der Waals surface area contributed by atoms with E-state index in [1.54, 1.807) is 13.0 Å². The van der Waals surface area contributed by atoms with Gasteiger partial charge in [0.2, 0.25) is 11.7 Å². The lowest BCUT2D eigenvalue weighted by Gasteiger charge is -2.24. The van der Waals surface area contributed by atoms with Gasteiger partial charge in [-0.3, -0.25) is 4.79 Å². The molecule has 0 spiro atoms. The molecule has 1 aromatic heterocycles. The number of esters is 1. The summed E-state index contributed by atoms with van der Waals surface area (Å²) in [6.07, 6.45) is -0.509. The minimum Gasteiger partial charge on any atom is -0.485 e. The van der Waals surface area contributed by atoms with Crippen LogP contribution in [0.2, 0.25) is 0 Å². The quantitative estimate of drug-likeness (QED) is 0.792. The number of nitrogens with zero attached hydrogens (tertiary/aromatic N) is 2. The fourth-order valence-corrected chi connectivity index (χ4v) is 1.95. The number of hydrogen-bond donors (Lipinski definition) is 0. The van der Waals surface area contributed by atoms with Crippen molar-refractivity contribution in [1.82, 2.24) is 10.1 Å². The molecular weight excluding hydrogens is 276 g/mol. The van der Waals surface area contributed by atoms with Gasteiger partial charge in [0.25, 0.3) is 0 Å². The molecule has 0 unspecified atom stereocenters. The molecule has 7 heteroatoms. The first-order valence-electron chi connectivity index (χ1n) is 6.63. The van der Waals surface area contributed by atoms with Gasteiger partial charge >= 0.3 is 5.97 Å². The molecule has 0 bridgehead atoms. The Morgan fingerprint density at radius 3 is 3.00 bits per heavy atom. The van der Waals surface area contributed by atoms with Gasteiger partial charge in [-0.1, -0.05) is 17.3 Å². The normalized spacial score (nSPS) is 16.5. The number of benzene rings is 1. The Morgan fingerprint density at radius 2 is 2.19 bits per heavy atom. The zero-order chi connectivity index (χ0) is 14.7. The molecule has 0 amide bonds. The molecule has 21 heavy (non-hydrogen) atoms. The van der Waals surface area contributed by atoms with Gasteiger partial charge in [0, 0.05) is 0 Å². The van der Waals surface area contributed by atoms with Gasteiger partial charge in [-0.05, 0) is 19.1 Å². The third-order valence-corrected chi connectivity index (χ3v) is 2.88. The molecule has 1 aliphatic heterocycles. The van der Waals surface area contributed by atoms with E-state index in [1.807, 2.05) is 18.2 Å². The molecule has 0 saturated heterocycles. The molecule has 1 aliphatic rings. The van der Waals surface area contributed by atoms with Crippen molar-refractivity contribution in [3.63, 3.8) is 0 Å². The van der Waals surface area contributed by atoms with Crippen LogP contribution in [0.15, 0.2) is 28.8 Å². The number of rotatable bonds is 4. The Balaban J connectivity index is 1.69. The van der Waals surface area contributed by atoms with Gasteiger partial charge in [0.15, 0.2) is 17.6 Å². The Bertz CT molecular complexity index is 640. The summed E-state index contributed by atoms with van der Waals surface area (Å²) in [5.74, 6) is 1.46. The smallest absolute Gasteiger partial charge is 0.315 e. The molecule has 0 N–H and O–H groups in total. The molecule has 2 aromatic rings. The van der Waals surface area contributed by atoms with Crippen molar-refractivity contribution in [2.75, 3.05) is 13.2 Å². The first-order valence-corrected chi connectivity index (χ1v) is 6.63. The molecule has 0 saturated carbocycles. The van der Waals surface area contributed by atoms with E-state index < -0.39 is 12.1 Å². The zero-order valence-corrected chi connectivity index (χ0v) is 11.4. The SMILES string of the molecule is CCOC(=O)Cc1nc([C@H]2COc3ccccc3O2)no1. The van der Waals surface area contributed by atoms with Gasteiger partial charge in [0.1, 0.15) is 13.0 Å². The van der Waals surface area contributed by atoms with E-state index in [9.17, 15) is 4.79 Å². The van der Waals surface area contributed by atoms with Crippen molar-refractivity contribution in [2.24, 2.45) is 0 Å². The lowest BCUT2D eigenvalue weighted by Crippen LogP contribution is -2.22. The third kappa shape index (κ3) is 2.96. The monoisotopic (exact) mass is 290 g/mol. The Kier molecular flexibility index (Phi) is 3.72. The number of aromatic nitrogens is 2. The van der Waals surface area contributed by atoms with Gasteiger partial charge in [-0.15, -0.1) is 0 Å². The fraction of sp³-hybridized carbons (Fsp3) is 0.357. The maximum Gasteiger partial charge on any atom is 0.315 e. The molecule has 0 fully saturated rings. The molecular formula is C14H14N2O5. The minimum atomic E-state index is -0.459. The van der Waals surface area contributed by atoms with Crippen LogP contribution in [0.4, 0.5) is 0 Å². The summed E-state index contributed by atoms with van der Waals surface area (Å²) in [6, 6.07) is 7.36. The second-order valence-electron chi connectivity index (χ2n) is 4.39. The molecule has 2 heterocycles. The fourth-order valence-electron chi connectivity index (χ4n) is 1.95. The van der Waals surface area contributed by atoms with Gasteiger partial charge in [-0.2, -0.15) is 4.98 Å². The summed E-state index contributed by atoms with van der Waals surface area (Å²) in [6.45, 7) is 2.34. The first kappa shape index (κ1) is 13.4. The van der Waals surface area contributed by atoms with E-state index >= 15 is 0 Å². The number of hydrogen-bond acceptors (Lipinski definition) is 7. The summed E-state index contributed by atoms with van der Waals surface area (Å²) >= 11 is 0. The lowest BCUT2D eigenvalue weighted by molar-refractivity contribution is -0.142. The topological polar surface area (TPSA) is 83.7 Å². The van der Waals surface area contributed by atoms with Crippen molar-refractivity contribution in [1.29, 1.82) is 0 Å². The van der Waals surface area contributed by atoms with Crippen LogP contribution in [0, 0.1) is 0 Å². The highest BCUT2D eigenvalue weighted by Crippen LogP contribution is 2.34. The Labute approximate surface area is 120 Å². The van der Waals surface area contributed by atoms with Crippen LogP contribution in [0.25, 0.3) is 0 Å². The summed E-state index contributed by atoms with van der Waals surface area (Å²) < 4.78 is 21.2. The standard InChI is InChI=1S/C14H14N2O5/c1-2-18-13(17)7-12-15-14(16-21-12)11-8-19-9-5-3-4-6-10(9)20-11/h3-6,11H,2,7-8H2,1H3/t11-/m1/s1. The number of fused-ring (bicyclic) bond motifs is 1. The van der Waals surface area contributed by atoms with E-state index in [1.165, 1.54) is 0 Å². The summed E-state index contributed by atoms with van der Waals surface area (Å²) in [4.78, 5) is 15.5. The van der Waals surface area contributed by atoms with E-state index in [2.05, 4.69) is 10.1 Å². The molecule has 1 atom stereocenters. The highest BCUT2D eigenvalue weighted by molar-refractivity contribution is 5.71. The molecule has 0 aliphatic carbocycles. The van der Waals surface area contributed by atoms with Gasteiger partial charge in [0.05, 0.1) is 6.61 Å². The van der Waals surface area contributed by atoms with Crippen LogP contribution in [0.5, 0.6) is 11.5 Å². The summed E-state index contributed by atoms with van der Waals surface area (Å²) in [5.41, 5.74) is 0. The number of para-hydroxylation sites is 2. The maximum atomic E-state index is 11.4. The maximum absolute atomic E-state index is 11.4. The van der Waals surface area contributed by atoms with Crippen LogP contribution in [-0.2, 0) is 16.0 Å². The van der Waals surface area contributed by atoms with Crippen molar-refractivity contribution >= 4 is 5.97 Å². The van der Waals surface area contributed by atoms with Crippen LogP contribution in [0.3, 0.4) is 0 Å². The lowest BCUT2D eigenvalue weighted by atomic mass is 10.2. The average Bonchev–Trinajstić information content (AvgIpc) is 2.95. The van der Waals surface area contributed by atoms with Crippen LogP contribution in [0.1, 0.15) is 24.7 Å². The number of carbonyl (C=O) groups excluding carboxylic acids is 1. The molecule has 0 radical (unpaired) electrons. The van der Waals surface area contributed by atoms with E-state index in [4.69, 9.17) is 18.7 Å². The summed E-state index contributed by atoms with van der Waals surface area (Å²) in [7, 11) is 0. The largest absolute Gasteiger partial charge is 0.485 e. The predicted octanol–water partition coefficient (Wildman–Crippen LogP) is 1.69. The molecule has 7 nitrogen and oxygen atoms in total. The van der Waals surface area contributed by atoms with Crippen molar-refractivity contribution in [3.05, 3.63) is 36.0 Å². The van der Waals surface area contributed by atoms with Crippen LogP contribution in [-0.4, -0.2) is 29.3 Å². The third-order valence-electron chi connectivity index (χ3n) is 2.88. The van der Waals surface area contributed by atoms with E-state index in [0.717, 1.165) is 0 Å². The van der Waals surface area contributed by atoms with Gasteiger partial charge in [-0.25, -0.2) is 0 Å². The van der Waals surface area contributed by atoms with Crippen molar-refractivity contribution in [3.8, 4) is 11.5 Å². The van der Waals surface area contributed by atoms with E-state index in [-0.39, 0.29) is 18.9 Å². The van der Waals surface area contributed by atoms with Crippen LogP contribution >= 0.6 is 0 Å². The van der Waals surface area contributed by atoms with Crippen LogP contribution < -0.4 is 9.47 Å². The number of carbonyl (C=O) groups is 1. The van der Waals surface area contributed by atoms with Crippen molar-refractivity contribution < 1.29 is 23.5 Å². The molecule has 1 aromatic carbocycles. The highest BCUT2D eigenvalue weighted by Gasteiger charge is 2.27. The zero-order valence-electron chi connectivity index (χ0n) is 11.4. The Hall–Kier alpha value is -2.57. The van der Waals surface area contributed by atoms with Crippen molar-refractivity contribution in [2.45, 2.75) is 19.4 Å². The van der Waals surface area contributed by atoms with E-state index in [0.29, 0.717) is 23.9 Å². The second-order valence-corrected chi connectivity index (χ2v) is 4.39. The average molecular weight is 290 g/mol. The highest BCUT2D eigenvalue weighted by atomic mass is 16.6. The number of ether oxygens (including phenoxy) is 3. The molecule has 110 valence electrons.